The number of hydrogen-bond acceptors (Lipinski definition) is 13. The number of ether oxygens (including phenoxy) is 5. The number of allylic oxidation sites excluding steroid dienone is 3. The van der Waals surface area contributed by atoms with Crippen LogP contribution in [-0.4, -0.2) is 112 Å². The summed E-state index contributed by atoms with van der Waals surface area (Å²) >= 11 is 7.93. The predicted molar refractivity (Wildman–Crippen MR) is 226 cm³/mol. The zero-order chi connectivity index (χ0) is 44.5. The van der Waals surface area contributed by atoms with Gasteiger partial charge in [-0.05, 0) is 67.1 Å². The van der Waals surface area contributed by atoms with E-state index in [0.717, 1.165) is 31.1 Å². The predicted octanol–water partition coefficient (Wildman–Crippen LogP) is 7.48. The van der Waals surface area contributed by atoms with Crippen molar-refractivity contribution >= 4 is 39.1 Å². The van der Waals surface area contributed by atoms with Crippen molar-refractivity contribution in [1.82, 2.24) is 29.7 Å². The number of carboxylic acids is 1. The molecule has 0 radical (unpaired) electrons. The molecule has 2 aliphatic heterocycles. The topological polar surface area (TPSA) is 141 Å². The lowest BCUT2D eigenvalue weighted by molar-refractivity contribution is -0.145. The van der Waals surface area contributed by atoms with Crippen LogP contribution in [0.4, 0.5) is 17.6 Å². The summed E-state index contributed by atoms with van der Waals surface area (Å²) in [4.78, 5) is 35.7. The number of aromatic nitrogens is 4. The summed E-state index contributed by atoms with van der Waals surface area (Å²) in [7, 11) is 2.06. The van der Waals surface area contributed by atoms with E-state index >= 15 is 0 Å². The van der Waals surface area contributed by atoms with Crippen molar-refractivity contribution in [3.05, 3.63) is 107 Å². The molecule has 5 heterocycles. The lowest BCUT2D eigenvalue weighted by Crippen LogP contribution is -2.48. The highest BCUT2D eigenvalue weighted by Crippen LogP contribution is 2.42. The summed E-state index contributed by atoms with van der Waals surface area (Å²) in [5.41, 5.74) is 2.02. The van der Waals surface area contributed by atoms with Crippen LogP contribution < -0.4 is 18.9 Å². The van der Waals surface area contributed by atoms with Gasteiger partial charge >= 0.3 is 18.2 Å². The third-order valence-corrected chi connectivity index (χ3v) is 11.5. The monoisotopic (exact) mass is 908 g/mol. The van der Waals surface area contributed by atoms with Crippen LogP contribution in [0.3, 0.4) is 0 Å². The maximum Gasteiger partial charge on any atom is 0.392 e. The van der Waals surface area contributed by atoms with E-state index in [1.165, 1.54) is 42.1 Å². The molecule has 1 fully saturated rings. The Balaban J connectivity index is 1.28. The Kier molecular flexibility index (Phi) is 14.6. The molecular formula is C44H41ClF4N6O7S. The van der Waals surface area contributed by atoms with Gasteiger partial charge in [0.1, 0.15) is 65.2 Å². The number of likely N-dealkylation sites (N-methyl/N-ethyl adjacent to an activating group) is 1. The van der Waals surface area contributed by atoms with Gasteiger partial charge in [-0.2, -0.15) is 18.2 Å². The minimum Gasteiger partial charge on any atom is -0.490 e. The summed E-state index contributed by atoms with van der Waals surface area (Å²) < 4.78 is 82.7. The Morgan fingerprint density at radius 2 is 1.86 bits per heavy atom. The van der Waals surface area contributed by atoms with E-state index in [1.54, 1.807) is 36.4 Å². The SMILES string of the molecule is C#C/C(Cl)=C1\C=C/Cc2c(-c3ccc(F)cc3)sc3ncnc(c23)O[C@@H](C(=O)O)Cc2cc(ccc2OCc2ccnc(OCCC(F)(F)F)n2)OC[C@H](CN2CCN(C)CC2)O1. The van der Waals surface area contributed by atoms with Gasteiger partial charge in [0.2, 0.25) is 12.0 Å². The Labute approximate surface area is 368 Å². The smallest absolute Gasteiger partial charge is 0.392 e. The summed E-state index contributed by atoms with van der Waals surface area (Å²) in [5.74, 6) is 1.59. The van der Waals surface area contributed by atoms with Crippen LogP contribution >= 0.6 is 22.9 Å². The molecule has 2 aromatic carbocycles. The van der Waals surface area contributed by atoms with Crippen molar-refractivity contribution in [3.63, 3.8) is 0 Å². The molecule has 2 atom stereocenters. The Hall–Kier alpha value is -6.00. The second-order valence-electron chi connectivity index (χ2n) is 14.6. The van der Waals surface area contributed by atoms with Crippen molar-refractivity contribution in [2.45, 2.75) is 44.3 Å². The quantitative estimate of drug-likeness (QED) is 0.110. The molecule has 13 nitrogen and oxygen atoms in total. The number of fused-ring (bicyclic) bond motifs is 2. The number of piperazine rings is 1. The summed E-state index contributed by atoms with van der Waals surface area (Å²) in [6, 6.07) is 12.1. The molecule has 19 heteroatoms. The summed E-state index contributed by atoms with van der Waals surface area (Å²) in [5, 5.41) is 11.1. The van der Waals surface area contributed by atoms with Gasteiger partial charge in [-0.3, -0.25) is 4.90 Å². The number of alkyl halides is 3. The lowest BCUT2D eigenvalue weighted by atomic mass is 10.0. The second kappa shape index (κ2) is 20.5. The zero-order valence-corrected chi connectivity index (χ0v) is 35.4. The van der Waals surface area contributed by atoms with Crippen LogP contribution in [0.2, 0.25) is 0 Å². The number of halogens is 5. The number of rotatable bonds is 10. The summed E-state index contributed by atoms with van der Waals surface area (Å²) in [6.45, 7) is 2.95. The van der Waals surface area contributed by atoms with E-state index in [0.29, 0.717) is 39.2 Å². The van der Waals surface area contributed by atoms with Gasteiger partial charge in [0.25, 0.3) is 0 Å². The van der Waals surface area contributed by atoms with Gasteiger partial charge in [-0.25, -0.2) is 24.1 Å². The lowest BCUT2D eigenvalue weighted by Gasteiger charge is -2.34. The number of carboxylic acid groups (broad SMARTS) is 1. The number of benzene rings is 2. The molecule has 0 aliphatic carbocycles. The van der Waals surface area contributed by atoms with E-state index in [-0.39, 0.29) is 60.2 Å². The van der Waals surface area contributed by atoms with Gasteiger partial charge in [0.05, 0.1) is 17.5 Å². The molecule has 330 valence electrons. The second-order valence-corrected chi connectivity index (χ2v) is 16.0. The van der Waals surface area contributed by atoms with Crippen molar-refractivity contribution in [2.24, 2.45) is 0 Å². The Morgan fingerprint density at radius 3 is 2.60 bits per heavy atom. The first-order chi connectivity index (χ1) is 30.3. The van der Waals surface area contributed by atoms with Gasteiger partial charge in [0, 0.05) is 55.8 Å². The van der Waals surface area contributed by atoms with Gasteiger partial charge < -0.3 is 33.7 Å². The van der Waals surface area contributed by atoms with Crippen LogP contribution in [-0.2, 0) is 29.0 Å². The minimum absolute atomic E-state index is 0.000415. The molecule has 3 aromatic heterocycles. The van der Waals surface area contributed by atoms with E-state index in [9.17, 15) is 27.5 Å². The zero-order valence-electron chi connectivity index (χ0n) is 33.8. The molecule has 0 unspecified atom stereocenters. The number of hydrogen-bond donors (Lipinski definition) is 1. The van der Waals surface area contributed by atoms with Crippen LogP contribution in [0.25, 0.3) is 20.7 Å². The molecule has 1 saturated heterocycles. The fourth-order valence-electron chi connectivity index (χ4n) is 6.81. The van der Waals surface area contributed by atoms with Crippen LogP contribution in [0.1, 0.15) is 23.2 Å². The molecule has 5 aromatic rings. The third kappa shape index (κ3) is 12.1. The van der Waals surface area contributed by atoms with E-state index in [1.807, 2.05) is 6.08 Å². The normalized spacial score (nSPS) is 19.1. The number of carbonyl (C=O) groups is 1. The van der Waals surface area contributed by atoms with Crippen molar-refractivity contribution in [2.75, 3.05) is 53.0 Å². The average Bonchev–Trinajstić information content (AvgIpc) is 3.63. The molecule has 7 rings (SSSR count). The minimum atomic E-state index is -4.41. The molecule has 63 heavy (non-hydrogen) atoms. The van der Waals surface area contributed by atoms with Crippen LogP contribution in [0.5, 0.6) is 23.4 Å². The van der Waals surface area contributed by atoms with E-state index in [2.05, 4.69) is 42.7 Å². The van der Waals surface area contributed by atoms with Crippen molar-refractivity contribution < 1.29 is 51.1 Å². The molecule has 2 aliphatic rings. The highest BCUT2D eigenvalue weighted by Gasteiger charge is 2.29. The first-order valence-electron chi connectivity index (χ1n) is 19.7. The van der Waals surface area contributed by atoms with Crippen LogP contribution in [0, 0.1) is 18.2 Å². The Bertz CT molecular complexity index is 2510. The maximum absolute atomic E-state index is 14.1. The number of terminal acetylenes is 1. The molecule has 0 spiro atoms. The van der Waals surface area contributed by atoms with E-state index < -0.39 is 43.2 Å². The average molecular weight is 909 g/mol. The summed E-state index contributed by atoms with van der Waals surface area (Å²) in [6.07, 6.45) is 4.20. The number of nitrogens with zero attached hydrogens (tertiary/aromatic N) is 6. The third-order valence-electron chi connectivity index (χ3n) is 10.0. The first kappa shape index (κ1) is 45.0. The fourth-order valence-corrected chi connectivity index (χ4v) is 8.08. The molecular weight excluding hydrogens is 868 g/mol. The molecule has 1 N–H and O–H groups in total. The van der Waals surface area contributed by atoms with Gasteiger partial charge in [0.15, 0.2) is 0 Å². The maximum atomic E-state index is 14.1. The highest BCUT2D eigenvalue weighted by atomic mass is 35.5. The standard InChI is InChI=1S/C44H41ClF4N6O7S/c1-3-34(45)36-6-4-5-33-38-40(51-26-52-41(38)63-39(33)27-7-9-29(46)10-8-27)62-37(42(56)57)22-28-21-31(59-25-32(61-36)23-55-18-16-54(2)17-19-55)11-12-35(28)60-24-30-13-15-50-43(53-30)58-20-14-44(47,48)49/h1,4,6-13,15,21,26,32,37H,5,14,16-20,22-25H2,2H3,(H,56,57)/b6-4-,36-34-/t32-,37+/m0/s1. The number of thiophene rings is 1. The highest BCUT2D eigenvalue weighted by molar-refractivity contribution is 7.22. The molecule has 2 bridgehead atoms. The Morgan fingerprint density at radius 1 is 1.06 bits per heavy atom. The molecule has 0 saturated carbocycles. The van der Waals surface area contributed by atoms with Crippen LogP contribution in [0.15, 0.2) is 84.0 Å². The van der Waals surface area contributed by atoms with Crippen molar-refractivity contribution in [1.29, 1.82) is 0 Å². The first-order valence-corrected chi connectivity index (χ1v) is 20.9. The largest absolute Gasteiger partial charge is 0.490 e. The fraction of sp³-hybridized carbons (Fsp3) is 0.341. The molecule has 0 amide bonds. The van der Waals surface area contributed by atoms with E-state index in [4.69, 9.17) is 41.7 Å². The van der Waals surface area contributed by atoms with Crippen molar-refractivity contribution in [3.8, 4) is 46.2 Å². The van der Waals surface area contributed by atoms with Gasteiger partial charge in [-0.15, -0.1) is 17.8 Å². The number of aliphatic carboxylic acids is 1. The van der Waals surface area contributed by atoms with Gasteiger partial charge in [-0.1, -0.05) is 35.7 Å².